The number of likely N-dealkylation sites (tertiary alicyclic amines) is 1. The molecule has 2 heterocycles. The first kappa shape index (κ1) is 20.6. The SMILES string of the molecule is CC(C)NC(=O)C(=O)NCC(c1ccc2c(c1)CCCN2C)N1CCCCC1. The Morgan fingerprint density at radius 3 is 2.50 bits per heavy atom. The second kappa shape index (κ2) is 9.41. The summed E-state index contributed by atoms with van der Waals surface area (Å²) in [6, 6.07) is 6.78. The third-order valence-electron chi connectivity index (χ3n) is 5.75. The van der Waals surface area contributed by atoms with Crippen LogP contribution in [0.1, 0.15) is 56.7 Å². The zero-order valence-electron chi connectivity index (χ0n) is 17.5. The topological polar surface area (TPSA) is 64.7 Å². The quantitative estimate of drug-likeness (QED) is 0.762. The number of carbonyl (C=O) groups is 2. The highest BCUT2D eigenvalue weighted by molar-refractivity contribution is 6.35. The van der Waals surface area contributed by atoms with E-state index < -0.39 is 11.8 Å². The van der Waals surface area contributed by atoms with Crippen molar-refractivity contribution in [1.29, 1.82) is 0 Å². The monoisotopic (exact) mass is 386 g/mol. The molecule has 28 heavy (non-hydrogen) atoms. The average molecular weight is 387 g/mol. The summed E-state index contributed by atoms with van der Waals surface area (Å²) in [4.78, 5) is 29.0. The zero-order chi connectivity index (χ0) is 20.1. The fourth-order valence-electron chi connectivity index (χ4n) is 4.30. The van der Waals surface area contributed by atoms with Gasteiger partial charge in [-0.2, -0.15) is 0 Å². The first-order valence-corrected chi connectivity index (χ1v) is 10.6. The van der Waals surface area contributed by atoms with Gasteiger partial charge in [0.1, 0.15) is 0 Å². The van der Waals surface area contributed by atoms with Crippen LogP contribution in [0.15, 0.2) is 18.2 Å². The lowest BCUT2D eigenvalue weighted by atomic mass is 9.95. The van der Waals surface area contributed by atoms with E-state index in [1.165, 1.54) is 42.5 Å². The molecule has 1 saturated heterocycles. The predicted octanol–water partition coefficient (Wildman–Crippen LogP) is 2.24. The minimum absolute atomic E-state index is 0.0474. The van der Waals surface area contributed by atoms with E-state index in [4.69, 9.17) is 0 Å². The number of nitrogens with one attached hydrogen (secondary N) is 2. The molecule has 1 atom stereocenters. The fourth-order valence-corrected chi connectivity index (χ4v) is 4.30. The lowest BCUT2D eigenvalue weighted by Gasteiger charge is -2.36. The first-order valence-electron chi connectivity index (χ1n) is 10.6. The molecule has 2 amide bonds. The molecule has 1 unspecified atom stereocenters. The normalized spacial score (nSPS) is 18.5. The Hall–Kier alpha value is -2.08. The summed E-state index contributed by atoms with van der Waals surface area (Å²) in [5.74, 6) is -1.10. The van der Waals surface area contributed by atoms with Crippen LogP contribution in [-0.2, 0) is 16.0 Å². The number of hydrogen-bond donors (Lipinski definition) is 2. The van der Waals surface area contributed by atoms with E-state index in [2.05, 4.69) is 45.7 Å². The van der Waals surface area contributed by atoms with Crippen LogP contribution in [0.25, 0.3) is 0 Å². The van der Waals surface area contributed by atoms with Gasteiger partial charge in [0.2, 0.25) is 0 Å². The Kier molecular flexibility index (Phi) is 6.94. The number of anilines is 1. The van der Waals surface area contributed by atoms with Gasteiger partial charge in [-0.15, -0.1) is 0 Å². The van der Waals surface area contributed by atoms with Crippen LogP contribution in [0.4, 0.5) is 5.69 Å². The van der Waals surface area contributed by atoms with Gasteiger partial charge >= 0.3 is 11.8 Å². The molecule has 0 saturated carbocycles. The van der Waals surface area contributed by atoms with Gasteiger partial charge in [-0.3, -0.25) is 14.5 Å². The van der Waals surface area contributed by atoms with Crippen LogP contribution in [0.3, 0.4) is 0 Å². The highest BCUT2D eigenvalue weighted by Crippen LogP contribution is 2.31. The molecule has 1 aromatic carbocycles. The van der Waals surface area contributed by atoms with Gasteiger partial charge < -0.3 is 15.5 Å². The zero-order valence-corrected chi connectivity index (χ0v) is 17.5. The lowest BCUT2D eigenvalue weighted by molar-refractivity contribution is -0.139. The number of benzene rings is 1. The highest BCUT2D eigenvalue weighted by atomic mass is 16.2. The molecule has 2 N–H and O–H groups in total. The van der Waals surface area contributed by atoms with Crippen molar-refractivity contribution in [2.45, 2.75) is 58.0 Å². The van der Waals surface area contributed by atoms with Crippen LogP contribution < -0.4 is 15.5 Å². The molecule has 6 heteroatoms. The van der Waals surface area contributed by atoms with Crippen molar-refractivity contribution in [3.63, 3.8) is 0 Å². The number of fused-ring (bicyclic) bond motifs is 1. The van der Waals surface area contributed by atoms with Crippen LogP contribution in [0.5, 0.6) is 0 Å². The molecular formula is C22H34N4O2. The molecule has 0 bridgehead atoms. The predicted molar refractivity (Wildman–Crippen MR) is 112 cm³/mol. The number of rotatable bonds is 5. The Morgan fingerprint density at radius 2 is 1.79 bits per heavy atom. The average Bonchev–Trinajstić information content (AvgIpc) is 2.68. The van der Waals surface area contributed by atoms with E-state index in [1.807, 2.05) is 13.8 Å². The maximum atomic E-state index is 12.2. The van der Waals surface area contributed by atoms with Gasteiger partial charge in [0, 0.05) is 31.9 Å². The second-order valence-electron chi connectivity index (χ2n) is 8.36. The second-order valence-corrected chi connectivity index (χ2v) is 8.36. The van der Waals surface area contributed by atoms with Crippen LogP contribution in [-0.4, -0.2) is 56.0 Å². The number of carbonyl (C=O) groups excluding carboxylic acids is 2. The molecule has 154 valence electrons. The van der Waals surface area contributed by atoms with Crippen LogP contribution >= 0.6 is 0 Å². The summed E-state index contributed by atoms with van der Waals surface area (Å²) < 4.78 is 0. The Labute approximate surface area is 168 Å². The third-order valence-corrected chi connectivity index (χ3v) is 5.75. The van der Waals surface area contributed by atoms with E-state index in [-0.39, 0.29) is 12.1 Å². The summed E-state index contributed by atoms with van der Waals surface area (Å²) in [7, 11) is 2.15. The Morgan fingerprint density at radius 1 is 1.04 bits per heavy atom. The van der Waals surface area contributed by atoms with E-state index >= 15 is 0 Å². The van der Waals surface area contributed by atoms with Gasteiger partial charge in [0.05, 0.1) is 6.04 Å². The first-order chi connectivity index (χ1) is 13.5. The van der Waals surface area contributed by atoms with Crippen molar-refractivity contribution in [2.24, 2.45) is 0 Å². The van der Waals surface area contributed by atoms with Gasteiger partial charge in [-0.1, -0.05) is 18.6 Å². The largest absolute Gasteiger partial charge is 0.374 e. The van der Waals surface area contributed by atoms with Gasteiger partial charge in [0.15, 0.2) is 0 Å². The molecule has 1 aromatic rings. The molecule has 0 aliphatic carbocycles. The van der Waals surface area contributed by atoms with Crippen molar-refractivity contribution in [3.05, 3.63) is 29.3 Å². The van der Waals surface area contributed by atoms with E-state index in [9.17, 15) is 9.59 Å². The minimum Gasteiger partial charge on any atom is -0.374 e. The molecule has 1 fully saturated rings. The fraction of sp³-hybridized carbons (Fsp3) is 0.636. The summed E-state index contributed by atoms with van der Waals surface area (Å²) >= 11 is 0. The van der Waals surface area contributed by atoms with Crippen LogP contribution in [0.2, 0.25) is 0 Å². The summed E-state index contributed by atoms with van der Waals surface area (Å²) in [6.07, 6.45) is 5.91. The number of hydrogen-bond acceptors (Lipinski definition) is 4. The van der Waals surface area contributed by atoms with Crippen LogP contribution in [0, 0.1) is 0 Å². The number of amides is 2. The summed E-state index contributed by atoms with van der Waals surface area (Å²) in [5, 5.41) is 5.53. The Balaban J connectivity index is 1.76. The van der Waals surface area contributed by atoms with Crippen molar-refractivity contribution >= 4 is 17.5 Å². The minimum atomic E-state index is -0.556. The summed E-state index contributed by atoms with van der Waals surface area (Å²) in [5.41, 5.74) is 3.94. The maximum Gasteiger partial charge on any atom is 0.309 e. The van der Waals surface area contributed by atoms with Gasteiger partial charge in [-0.25, -0.2) is 0 Å². The third kappa shape index (κ3) is 5.04. The van der Waals surface area contributed by atoms with Crippen molar-refractivity contribution < 1.29 is 9.59 Å². The van der Waals surface area contributed by atoms with Crippen molar-refractivity contribution in [1.82, 2.24) is 15.5 Å². The molecule has 2 aliphatic heterocycles. The highest BCUT2D eigenvalue weighted by Gasteiger charge is 2.25. The number of aryl methyl sites for hydroxylation is 1. The van der Waals surface area contributed by atoms with E-state index in [0.29, 0.717) is 6.54 Å². The molecular weight excluding hydrogens is 352 g/mol. The number of piperidine rings is 1. The molecule has 0 radical (unpaired) electrons. The maximum absolute atomic E-state index is 12.2. The van der Waals surface area contributed by atoms with Crippen molar-refractivity contribution in [2.75, 3.05) is 38.1 Å². The molecule has 6 nitrogen and oxygen atoms in total. The van der Waals surface area contributed by atoms with Gasteiger partial charge in [-0.05, 0) is 69.8 Å². The Bertz CT molecular complexity index is 698. The van der Waals surface area contributed by atoms with Gasteiger partial charge in [0.25, 0.3) is 0 Å². The van der Waals surface area contributed by atoms with E-state index in [1.54, 1.807) is 0 Å². The van der Waals surface area contributed by atoms with E-state index in [0.717, 1.165) is 26.1 Å². The number of nitrogens with zero attached hydrogens (tertiary/aromatic N) is 2. The summed E-state index contributed by atoms with van der Waals surface area (Å²) in [6.45, 7) is 7.34. The van der Waals surface area contributed by atoms with Crippen molar-refractivity contribution in [3.8, 4) is 0 Å². The lowest BCUT2D eigenvalue weighted by Crippen LogP contribution is -2.46. The standard InChI is InChI=1S/C22H34N4O2/c1-16(2)24-22(28)21(27)23-15-20(26-12-5-4-6-13-26)18-9-10-19-17(14-18)8-7-11-25(19)3/h9-10,14,16,20H,4-8,11-13,15H2,1-3H3,(H,23,27)(H,24,28). The smallest absolute Gasteiger partial charge is 0.309 e. The molecule has 3 rings (SSSR count). The molecule has 2 aliphatic rings. The molecule has 0 aromatic heterocycles. The molecule has 0 spiro atoms.